The van der Waals surface area contributed by atoms with Crippen molar-refractivity contribution < 1.29 is 9.59 Å². The molecular weight excluding hydrogens is 288 g/mol. The lowest BCUT2D eigenvalue weighted by Crippen LogP contribution is -2.42. The van der Waals surface area contributed by atoms with E-state index < -0.39 is 0 Å². The summed E-state index contributed by atoms with van der Waals surface area (Å²) in [7, 11) is 0. The van der Waals surface area contributed by atoms with Crippen molar-refractivity contribution in [3.63, 3.8) is 0 Å². The second-order valence-corrected chi connectivity index (χ2v) is 5.63. The van der Waals surface area contributed by atoms with E-state index in [2.05, 4.69) is 5.32 Å². The quantitative estimate of drug-likeness (QED) is 0.841. The number of nitrogens with zero attached hydrogens (tertiary/aromatic N) is 1. The first-order valence-electron chi connectivity index (χ1n) is 7.24. The Balaban J connectivity index is 2.52. The van der Waals surface area contributed by atoms with Crippen LogP contribution in [0.5, 0.6) is 0 Å². The maximum absolute atomic E-state index is 12.2. The Morgan fingerprint density at radius 3 is 2.52 bits per heavy atom. The van der Waals surface area contributed by atoms with Crippen LogP contribution in [0.25, 0.3) is 0 Å². The van der Waals surface area contributed by atoms with Crippen molar-refractivity contribution in [2.45, 2.75) is 39.7 Å². The fourth-order valence-electron chi connectivity index (χ4n) is 2.02. The largest absolute Gasteiger partial charge is 0.352 e. The average molecular weight is 311 g/mol. The van der Waals surface area contributed by atoms with Crippen LogP contribution in [0.4, 0.5) is 0 Å². The molecule has 1 aromatic carbocycles. The Morgan fingerprint density at radius 1 is 1.29 bits per heavy atom. The third-order valence-electron chi connectivity index (χ3n) is 3.08. The fourth-order valence-corrected chi connectivity index (χ4v) is 2.25. The highest BCUT2D eigenvalue weighted by atomic mass is 35.5. The number of carbonyl (C=O) groups is 2. The number of hydrogen-bond donors (Lipinski definition) is 1. The summed E-state index contributed by atoms with van der Waals surface area (Å²) in [6, 6.07) is 7.57. The van der Waals surface area contributed by atoms with Crippen LogP contribution in [0.15, 0.2) is 24.3 Å². The molecule has 0 unspecified atom stereocenters. The van der Waals surface area contributed by atoms with Gasteiger partial charge in [-0.2, -0.15) is 0 Å². The number of nitrogens with one attached hydrogen (secondary N) is 1. The maximum Gasteiger partial charge on any atom is 0.239 e. The van der Waals surface area contributed by atoms with E-state index in [1.807, 2.05) is 45.0 Å². The number of rotatable bonds is 7. The minimum Gasteiger partial charge on any atom is -0.352 e. The monoisotopic (exact) mass is 310 g/mol. The summed E-state index contributed by atoms with van der Waals surface area (Å²) in [4.78, 5) is 25.5. The van der Waals surface area contributed by atoms with Gasteiger partial charge in [0.1, 0.15) is 0 Å². The Kier molecular flexibility index (Phi) is 7.23. The summed E-state index contributed by atoms with van der Waals surface area (Å²) < 4.78 is 0. The SMILES string of the molecule is CCN(CC(=O)NC(C)C)C(=O)CCc1ccccc1Cl. The molecule has 1 N–H and O–H groups in total. The van der Waals surface area contributed by atoms with Crippen LogP contribution in [0.1, 0.15) is 32.8 Å². The molecule has 0 aromatic heterocycles. The molecule has 0 saturated heterocycles. The zero-order valence-corrected chi connectivity index (χ0v) is 13.6. The van der Waals surface area contributed by atoms with Gasteiger partial charge in [-0.05, 0) is 38.8 Å². The highest BCUT2D eigenvalue weighted by Gasteiger charge is 2.16. The molecule has 0 spiro atoms. The van der Waals surface area contributed by atoms with Crippen molar-refractivity contribution >= 4 is 23.4 Å². The fraction of sp³-hybridized carbons (Fsp3) is 0.500. The first kappa shape index (κ1) is 17.5. The van der Waals surface area contributed by atoms with E-state index in [4.69, 9.17) is 11.6 Å². The van der Waals surface area contributed by atoms with Crippen LogP contribution in [0.2, 0.25) is 5.02 Å². The molecule has 0 aliphatic carbocycles. The van der Waals surface area contributed by atoms with Gasteiger partial charge in [-0.15, -0.1) is 0 Å². The number of amides is 2. The van der Waals surface area contributed by atoms with Crippen molar-refractivity contribution in [3.8, 4) is 0 Å². The molecule has 0 heterocycles. The highest BCUT2D eigenvalue weighted by molar-refractivity contribution is 6.31. The zero-order valence-electron chi connectivity index (χ0n) is 12.9. The van der Waals surface area contributed by atoms with Crippen molar-refractivity contribution in [1.29, 1.82) is 0 Å². The maximum atomic E-state index is 12.2. The van der Waals surface area contributed by atoms with Gasteiger partial charge in [0, 0.05) is 24.0 Å². The summed E-state index contributed by atoms with van der Waals surface area (Å²) in [5.41, 5.74) is 0.954. The molecule has 0 atom stereocenters. The summed E-state index contributed by atoms with van der Waals surface area (Å²) >= 11 is 6.07. The van der Waals surface area contributed by atoms with Crippen LogP contribution in [-0.4, -0.2) is 35.8 Å². The van der Waals surface area contributed by atoms with Gasteiger partial charge in [-0.3, -0.25) is 9.59 Å². The van der Waals surface area contributed by atoms with E-state index in [-0.39, 0.29) is 24.4 Å². The molecule has 1 aromatic rings. The van der Waals surface area contributed by atoms with Gasteiger partial charge < -0.3 is 10.2 Å². The number of hydrogen-bond acceptors (Lipinski definition) is 2. The predicted octanol–water partition coefficient (Wildman–Crippen LogP) is 2.65. The molecule has 0 saturated carbocycles. The molecule has 0 aliphatic heterocycles. The third-order valence-corrected chi connectivity index (χ3v) is 3.45. The van der Waals surface area contributed by atoms with Crippen molar-refractivity contribution in [1.82, 2.24) is 10.2 Å². The lowest BCUT2D eigenvalue weighted by atomic mass is 10.1. The van der Waals surface area contributed by atoms with E-state index in [9.17, 15) is 9.59 Å². The summed E-state index contributed by atoms with van der Waals surface area (Å²) in [5.74, 6) is -0.158. The predicted molar refractivity (Wildman–Crippen MR) is 85.3 cm³/mol. The van der Waals surface area contributed by atoms with E-state index in [1.54, 1.807) is 4.90 Å². The Bertz CT molecular complexity index is 489. The highest BCUT2D eigenvalue weighted by Crippen LogP contribution is 2.16. The second kappa shape index (κ2) is 8.67. The number of benzene rings is 1. The summed E-state index contributed by atoms with van der Waals surface area (Å²) in [6.45, 7) is 6.29. The average Bonchev–Trinajstić information content (AvgIpc) is 2.42. The number of halogens is 1. The van der Waals surface area contributed by atoms with E-state index in [0.717, 1.165) is 5.56 Å². The Hall–Kier alpha value is -1.55. The molecular formula is C16H23ClN2O2. The summed E-state index contributed by atoms with van der Waals surface area (Å²) in [6.07, 6.45) is 0.938. The standard InChI is InChI=1S/C16H23ClN2O2/c1-4-19(11-15(20)18-12(2)3)16(21)10-9-13-7-5-6-8-14(13)17/h5-8,12H,4,9-11H2,1-3H3,(H,18,20). The number of aryl methyl sites for hydroxylation is 1. The molecule has 1 rings (SSSR count). The molecule has 5 heteroatoms. The van der Waals surface area contributed by atoms with Crippen molar-refractivity contribution in [2.75, 3.05) is 13.1 Å². The molecule has 0 aliphatic rings. The molecule has 21 heavy (non-hydrogen) atoms. The van der Waals surface area contributed by atoms with E-state index >= 15 is 0 Å². The van der Waals surface area contributed by atoms with Gasteiger partial charge in [0.2, 0.25) is 11.8 Å². The third kappa shape index (κ3) is 6.17. The normalized spacial score (nSPS) is 10.5. The van der Waals surface area contributed by atoms with Crippen LogP contribution < -0.4 is 5.32 Å². The van der Waals surface area contributed by atoms with Gasteiger partial charge in [-0.25, -0.2) is 0 Å². The smallest absolute Gasteiger partial charge is 0.239 e. The van der Waals surface area contributed by atoms with Crippen LogP contribution in [0, 0.1) is 0 Å². The number of likely N-dealkylation sites (N-methyl/N-ethyl adjacent to an activating group) is 1. The van der Waals surface area contributed by atoms with Gasteiger partial charge in [-0.1, -0.05) is 29.8 Å². The minimum absolute atomic E-state index is 0.0312. The second-order valence-electron chi connectivity index (χ2n) is 5.22. The Labute approximate surface area is 131 Å². The Morgan fingerprint density at radius 2 is 1.95 bits per heavy atom. The molecule has 2 amide bonds. The molecule has 0 bridgehead atoms. The van der Waals surface area contributed by atoms with E-state index in [0.29, 0.717) is 24.4 Å². The first-order valence-corrected chi connectivity index (χ1v) is 7.62. The van der Waals surface area contributed by atoms with Gasteiger partial charge >= 0.3 is 0 Å². The van der Waals surface area contributed by atoms with Gasteiger partial charge in [0.25, 0.3) is 0 Å². The van der Waals surface area contributed by atoms with Crippen molar-refractivity contribution in [2.24, 2.45) is 0 Å². The molecule has 116 valence electrons. The minimum atomic E-state index is -0.127. The topological polar surface area (TPSA) is 49.4 Å². The summed E-state index contributed by atoms with van der Waals surface area (Å²) in [5, 5.41) is 3.46. The van der Waals surface area contributed by atoms with Crippen LogP contribution >= 0.6 is 11.6 Å². The molecule has 4 nitrogen and oxygen atoms in total. The first-order chi connectivity index (χ1) is 9.93. The lowest BCUT2D eigenvalue weighted by molar-refractivity contribution is -0.136. The zero-order chi connectivity index (χ0) is 15.8. The van der Waals surface area contributed by atoms with Crippen LogP contribution in [-0.2, 0) is 16.0 Å². The van der Waals surface area contributed by atoms with Gasteiger partial charge in [0.15, 0.2) is 0 Å². The van der Waals surface area contributed by atoms with Gasteiger partial charge in [0.05, 0.1) is 6.54 Å². The molecule has 0 radical (unpaired) electrons. The van der Waals surface area contributed by atoms with E-state index in [1.165, 1.54) is 0 Å². The molecule has 0 fully saturated rings. The van der Waals surface area contributed by atoms with Crippen molar-refractivity contribution in [3.05, 3.63) is 34.9 Å². The van der Waals surface area contributed by atoms with Crippen LogP contribution in [0.3, 0.4) is 0 Å². The lowest BCUT2D eigenvalue weighted by Gasteiger charge is -2.21. The number of carbonyl (C=O) groups excluding carboxylic acids is 2.